The van der Waals surface area contributed by atoms with Crippen LogP contribution < -0.4 is 15.4 Å². The lowest BCUT2D eigenvalue weighted by atomic mass is 10.1. The lowest BCUT2D eigenvalue weighted by Gasteiger charge is -2.23. The minimum absolute atomic E-state index is 0.0260. The fourth-order valence-corrected chi connectivity index (χ4v) is 4.48. The number of urea groups is 1. The van der Waals surface area contributed by atoms with Gasteiger partial charge in [0.05, 0.1) is 11.5 Å². The molecule has 11 nitrogen and oxygen atoms in total. The molecule has 12 heteroatoms. The summed E-state index contributed by atoms with van der Waals surface area (Å²) in [6.45, 7) is 2.45. The van der Waals surface area contributed by atoms with E-state index < -0.39 is 17.0 Å². The number of carbonyl (C=O) groups excluding carboxylic acids is 2. The number of hydrogen-bond donors (Lipinski definition) is 2. The molecule has 3 amide bonds. The molecule has 1 fully saturated rings. The van der Waals surface area contributed by atoms with Crippen molar-refractivity contribution in [3.05, 3.63) is 70.0 Å². The summed E-state index contributed by atoms with van der Waals surface area (Å²) in [5.41, 5.74) is 1.59. The molecule has 1 unspecified atom stereocenters. The lowest BCUT2D eigenvalue weighted by Crippen LogP contribution is -2.53. The van der Waals surface area contributed by atoms with Gasteiger partial charge < -0.3 is 10.1 Å². The average molecular weight is 483 g/mol. The topological polar surface area (TPSA) is 141 Å². The van der Waals surface area contributed by atoms with Crippen molar-refractivity contribution >= 4 is 29.4 Å². The number of rotatable bonds is 9. The number of nitro benzene ring substituents is 1. The number of thioether (sulfide) groups is 1. The van der Waals surface area contributed by atoms with Crippen LogP contribution >= 0.6 is 11.8 Å². The third-order valence-electron chi connectivity index (χ3n) is 5.04. The maximum absolute atomic E-state index is 11.8. The van der Waals surface area contributed by atoms with Crippen molar-refractivity contribution < 1.29 is 19.2 Å². The summed E-state index contributed by atoms with van der Waals surface area (Å²) >= 11 is 1.38. The fraction of sp³-hybridized carbons (Fsp3) is 0.273. The van der Waals surface area contributed by atoms with Gasteiger partial charge in [0.2, 0.25) is 5.91 Å². The van der Waals surface area contributed by atoms with Gasteiger partial charge >= 0.3 is 6.03 Å². The van der Waals surface area contributed by atoms with Crippen LogP contribution in [0.4, 0.5) is 10.5 Å². The number of nitro groups is 1. The third-order valence-corrected chi connectivity index (χ3v) is 6.04. The first-order valence-corrected chi connectivity index (χ1v) is 11.6. The predicted octanol–water partition coefficient (Wildman–Crippen LogP) is 3.01. The van der Waals surface area contributed by atoms with E-state index in [4.69, 9.17) is 4.74 Å². The Hall–Kier alpha value is -3.93. The molecular weight excluding hydrogens is 460 g/mol. The first-order valence-electron chi connectivity index (χ1n) is 10.6. The van der Waals surface area contributed by atoms with E-state index >= 15 is 0 Å². The molecule has 176 valence electrons. The number of ether oxygens (including phenoxy) is 1. The number of hydrogen-bond acceptors (Lipinski definition) is 8. The molecule has 1 atom stereocenters. The normalized spacial score (nSPS) is 15.5. The Morgan fingerprint density at radius 1 is 1.21 bits per heavy atom. The monoisotopic (exact) mass is 482 g/mol. The molecule has 1 aliphatic rings. The second-order valence-electron chi connectivity index (χ2n) is 7.50. The van der Waals surface area contributed by atoms with Crippen molar-refractivity contribution in [2.24, 2.45) is 0 Å². The summed E-state index contributed by atoms with van der Waals surface area (Å²) in [4.78, 5) is 34.2. The van der Waals surface area contributed by atoms with Crippen molar-refractivity contribution in [1.29, 1.82) is 0 Å². The summed E-state index contributed by atoms with van der Waals surface area (Å²) in [6, 6.07) is 12.9. The van der Waals surface area contributed by atoms with Crippen LogP contribution in [0.1, 0.15) is 24.7 Å². The highest BCUT2D eigenvalue weighted by molar-refractivity contribution is 7.98. The van der Waals surface area contributed by atoms with Gasteiger partial charge in [-0.15, -0.1) is 10.2 Å². The van der Waals surface area contributed by atoms with Gasteiger partial charge in [-0.05, 0) is 36.8 Å². The van der Waals surface area contributed by atoms with Crippen molar-refractivity contribution in [2.75, 3.05) is 6.61 Å². The van der Waals surface area contributed by atoms with Gasteiger partial charge in [0.1, 0.15) is 11.6 Å². The molecule has 2 N–H and O–H groups in total. The Kier molecular flexibility index (Phi) is 7.07. The highest BCUT2D eigenvalue weighted by Crippen LogP contribution is 2.28. The maximum atomic E-state index is 11.8. The molecule has 2 aromatic carbocycles. The van der Waals surface area contributed by atoms with Crippen molar-refractivity contribution in [1.82, 2.24) is 25.4 Å². The Balaban J connectivity index is 1.61. The summed E-state index contributed by atoms with van der Waals surface area (Å²) in [5.74, 6) is 1.40. The molecule has 0 bridgehead atoms. The molecule has 0 spiro atoms. The van der Waals surface area contributed by atoms with Gasteiger partial charge in [-0.1, -0.05) is 23.9 Å². The quantitative estimate of drug-likeness (QED) is 0.269. The van der Waals surface area contributed by atoms with Gasteiger partial charge in [-0.3, -0.25) is 24.8 Å². The number of imide groups is 1. The van der Waals surface area contributed by atoms with Crippen LogP contribution in [-0.2, 0) is 17.0 Å². The summed E-state index contributed by atoms with van der Waals surface area (Å²) in [5, 5.41) is 25.3. The first kappa shape index (κ1) is 23.2. The molecule has 3 aromatic rings. The van der Waals surface area contributed by atoms with Gasteiger partial charge in [0.15, 0.2) is 5.16 Å². The van der Waals surface area contributed by atoms with E-state index in [2.05, 4.69) is 20.8 Å². The van der Waals surface area contributed by atoms with Crippen molar-refractivity contribution in [3.8, 4) is 11.4 Å². The highest BCUT2D eigenvalue weighted by atomic mass is 32.2. The number of carbonyl (C=O) groups is 2. The molecule has 1 saturated heterocycles. The molecule has 1 aliphatic heterocycles. The average Bonchev–Trinajstić information content (AvgIpc) is 3.20. The van der Waals surface area contributed by atoms with E-state index in [0.717, 1.165) is 17.0 Å². The SMILES string of the molecule is CCOc1ccc(-n2c(CC3CC(=O)NC(=O)N3)nnc2SCc2cccc([N+](=O)[O-])c2)cc1. The fourth-order valence-electron chi connectivity index (χ4n) is 3.57. The van der Waals surface area contributed by atoms with Crippen LogP contribution in [-0.4, -0.2) is 44.3 Å². The minimum Gasteiger partial charge on any atom is -0.494 e. The summed E-state index contributed by atoms with van der Waals surface area (Å²) in [6.07, 6.45) is 0.439. The van der Waals surface area contributed by atoms with Gasteiger partial charge in [0.25, 0.3) is 5.69 Å². The molecule has 0 radical (unpaired) electrons. The predicted molar refractivity (Wildman–Crippen MR) is 124 cm³/mol. The van der Waals surface area contributed by atoms with Crippen LogP contribution in [0.5, 0.6) is 5.75 Å². The number of aromatic nitrogens is 3. The van der Waals surface area contributed by atoms with Gasteiger partial charge in [-0.2, -0.15) is 0 Å². The standard InChI is InChI=1S/C22H22N6O5S/c1-2-33-18-8-6-16(7-9-18)27-19(11-15-12-20(29)24-21(30)23-15)25-26-22(27)34-13-14-4-3-5-17(10-14)28(31)32/h3-10,15H,2,11-13H2,1H3,(H2,23,24,29,30). The number of nitrogens with zero attached hydrogens (tertiary/aromatic N) is 4. The van der Waals surface area contributed by atoms with Crippen molar-refractivity contribution in [2.45, 2.75) is 36.7 Å². The van der Waals surface area contributed by atoms with E-state index in [1.54, 1.807) is 6.07 Å². The Bertz CT molecular complexity index is 1200. The van der Waals surface area contributed by atoms with E-state index in [1.807, 2.05) is 41.8 Å². The molecule has 4 rings (SSSR count). The molecule has 34 heavy (non-hydrogen) atoms. The minimum atomic E-state index is -0.534. The van der Waals surface area contributed by atoms with Gasteiger partial charge in [0, 0.05) is 42.5 Å². The summed E-state index contributed by atoms with van der Waals surface area (Å²) in [7, 11) is 0. The zero-order valence-electron chi connectivity index (χ0n) is 18.3. The zero-order chi connectivity index (χ0) is 24.1. The van der Waals surface area contributed by atoms with Crippen LogP contribution in [0.3, 0.4) is 0 Å². The molecule has 0 aliphatic carbocycles. The summed E-state index contributed by atoms with van der Waals surface area (Å²) < 4.78 is 7.38. The molecular formula is C22H22N6O5S. The smallest absolute Gasteiger partial charge is 0.321 e. The lowest BCUT2D eigenvalue weighted by molar-refractivity contribution is -0.384. The third kappa shape index (κ3) is 5.52. The second-order valence-corrected chi connectivity index (χ2v) is 8.45. The highest BCUT2D eigenvalue weighted by Gasteiger charge is 2.27. The number of nitrogens with one attached hydrogen (secondary N) is 2. The molecule has 1 aromatic heterocycles. The van der Waals surface area contributed by atoms with E-state index in [1.165, 1.54) is 23.9 Å². The Morgan fingerprint density at radius 3 is 2.71 bits per heavy atom. The Labute approximate surface area is 199 Å². The van der Waals surface area contributed by atoms with E-state index in [0.29, 0.717) is 29.8 Å². The van der Waals surface area contributed by atoms with E-state index in [9.17, 15) is 19.7 Å². The first-order chi connectivity index (χ1) is 16.4. The van der Waals surface area contributed by atoms with Crippen LogP contribution in [0.2, 0.25) is 0 Å². The number of benzene rings is 2. The Morgan fingerprint density at radius 2 is 2.00 bits per heavy atom. The second kappa shape index (κ2) is 10.3. The molecule has 0 saturated carbocycles. The zero-order valence-corrected chi connectivity index (χ0v) is 19.1. The van der Waals surface area contributed by atoms with Crippen LogP contribution in [0, 0.1) is 10.1 Å². The van der Waals surface area contributed by atoms with Crippen molar-refractivity contribution in [3.63, 3.8) is 0 Å². The largest absolute Gasteiger partial charge is 0.494 e. The van der Waals surface area contributed by atoms with Crippen LogP contribution in [0.25, 0.3) is 5.69 Å². The maximum Gasteiger partial charge on any atom is 0.321 e. The van der Waals surface area contributed by atoms with E-state index in [-0.39, 0.29) is 18.0 Å². The number of non-ortho nitro benzene ring substituents is 1. The van der Waals surface area contributed by atoms with Crippen LogP contribution in [0.15, 0.2) is 53.7 Å². The van der Waals surface area contributed by atoms with Gasteiger partial charge in [-0.25, -0.2) is 4.79 Å². The molecule has 2 heterocycles. The number of amides is 3.